The van der Waals surface area contributed by atoms with Crippen LogP contribution in [0, 0.1) is 0 Å². The molecule has 0 heterocycles. The van der Waals surface area contributed by atoms with E-state index in [4.69, 9.17) is 9.47 Å². The molecule has 21 heavy (non-hydrogen) atoms. The number of hydrogen-bond acceptors (Lipinski definition) is 3. The molecule has 0 aliphatic heterocycles. The van der Waals surface area contributed by atoms with Crippen molar-refractivity contribution in [2.45, 2.75) is 26.4 Å². The fourth-order valence-corrected chi connectivity index (χ4v) is 2.23. The molecule has 0 aromatic heterocycles. The molecule has 1 N–H and O–H groups in total. The second-order valence-corrected chi connectivity index (χ2v) is 4.78. The maximum Gasteiger partial charge on any atom is 0.161 e. The van der Waals surface area contributed by atoms with Crippen LogP contribution >= 0.6 is 0 Å². The molecule has 1 unspecified atom stereocenters. The average Bonchev–Trinajstić information content (AvgIpc) is 2.50. The highest BCUT2D eigenvalue weighted by molar-refractivity contribution is 5.44. The SMILES string of the molecule is CCOc1ccc(C(O)Cc2ccccc2)cc1OCC. The van der Waals surface area contributed by atoms with E-state index >= 15 is 0 Å². The van der Waals surface area contributed by atoms with Gasteiger partial charge in [0.05, 0.1) is 19.3 Å². The van der Waals surface area contributed by atoms with Crippen LogP contribution in [0.2, 0.25) is 0 Å². The third-order valence-electron chi connectivity index (χ3n) is 3.22. The van der Waals surface area contributed by atoms with Gasteiger partial charge in [-0.25, -0.2) is 0 Å². The van der Waals surface area contributed by atoms with Gasteiger partial charge in [-0.3, -0.25) is 0 Å². The molecular weight excluding hydrogens is 264 g/mol. The van der Waals surface area contributed by atoms with Crippen LogP contribution in [0.1, 0.15) is 31.1 Å². The van der Waals surface area contributed by atoms with Gasteiger partial charge in [0.25, 0.3) is 0 Å². The van der Waals surface area contributed by atoms with E-state index in [1.54, 1.807) is 0 Å². The first-order valence-electron chi connectivity index (χ1n) is 7.36. The maximum atomic E-state index is 10.4. The number of rotatable bonds is 7. The molecule has 1 atom stereocenters. The Morgan fingerprint density at radius 1 is 0.905 bits per heavy atom. The van der Waals surface area contributed by atoms with E-state index < -0.39 is 6.10 Å². The van der Waals surface area contributed by atoms with Crippen LogP contribution in [0.4, 0.5) is 0 Å². The highest BCUT2D eigenvalue weighted by Crippen LogP contribution is 2.31. The van der Waals surface area contributed by atoms with Gasteiger partial charge in [0.15, 0.2) is 11.5 Å². The Balaban J connectivity index is 2.17. The molecular formula is C18H22O3. The van der Waals surface area contributed by atoms with Gasteiger partial charge in [0, 0.05) is 6.42 Å². The van der Waals surface area contributed by atoms with Crippen LogP contribution in [-0.2, 0) is 6.42 Å². The first-order chi connectivity index (χ1) is 10.2. The molecule has 0 aliphatic carbocycles. The Hall–Kier alpha value is -2.00. The van der Waals surface area contributed by atoms with Crippen molar-refractivity contribution in [3.8, 4) is 11.5 Å². The van der Waals surface area contributed by atoms with Gasteiger partial charge in [-0.1, -0.05) is 36.4 Å². The van der Waals surface area contributed by atoms with Crippen molar-refractivity contribution in [1.82, 2.24) is 0 Å². The lowest BCUT2D eigenvalue weighted by molar-refractivity contribution is 0.177. The number of hydrogen-bond donors (Lipinski definition) is 1. The minimum Gasteiger partial charge on any atom is -0.490 e. The van der Waals surface area contributed by atoms with Crippen molar-refractivity contribution in [2.75, 3.05) is 13.2 Å². The Bertz CT molecular complexity index is 552. The third-order valence-corrected chi connectivity index (χ3v) is 3.22. The first-order valence-corrected chi connectivity index (χ1v) is 7.36. The van der Waals surface area contributed by atoms with Crippen molar-refractivity contribution in [2.24, 2.45) is 0 Å². The van der Waals surface area contributed by atoms with Crippen molar-refractivity contribution >= 4 is 0 Å². The molecule has 0 aliphatic rings. The summed E-state index contributed by atoms with van der Waals surface area (Å²) in [6.07, 6.45) is 0.0303. The second-order valence-electron chi connectivity index (χ2n) is 4.78. The second kappa shape index (κ2) is 7.70. The van der Waals surface area contributed by atoms with Gasteiger partial charge in [0.2, 0.25) is 0 Å². The minimum atomic E-state index is -0.553. The first kappa shape index (κ1) is 15.4. The highest BCUT2D eigenvalue weighted by Gasteiger charge is 2.13. The van der Waals surface area contributed by atoms with Crippen LogP contribution < -0.4 is 9.47 Å². The Labute approximate surface area is 126 Å². The van der Waals surface area contributed by atoms with Crippen molar-refractivity contribution in [1.29, 1.82) is 0 Å². The summed E-state index contributed by atoms with van der Waals surface area (Å²) < 4.78 is 11.1. The molecule has 0 radical (unpaired) electrons. The monoisotopic (exact) mass is 286 g/mol. The van der Waals surface area contributed by atoms with Crippen molar-refractivity contribution < 1.29 is 14.6 Å². The third kappa shape index (κ3) is 4.23. The zero-order chi connectivity index (χ0) is 15.1. The normalized spacial score (nSPS) is 12.0. The maximum absolute atomic E-state index is 10.4. The molecule has 2 aromatic carbocycles. The standard InChI is InChI=1S/C18H22O3/c1-3-20-17-11-10-15(13-18(17)21-4-2)16(19)12-14-8-6-5-7-9-14/h5-11,13,16,19H,3-4,12H2,1-2H3. The molecule has 0 spiro atoms. The fourth-order valence-electron chi connectivity index (χ4n) is 2.23. The molecule has 2 rings (SSSR count). The summed E-state index contributed by atoms with van der Waals surface area (Å²) in [6.45, 7) is 5.03. The van der Waals surface area contributed by atoms with Crippen LogP contribution in [0.5, 0.6) is 11.5 Å². The van der Waals surface area contributed by atoms with Crippen molar-refractivity contribution in [3.05, 3.63) is 59.7 Å². The van der Waals surface area contributed by atoms with Gasteiger partial charge in [-0.15, -0.1) is 0 Å². The molecule has 0 amide bonds. The summed E-state index contributed by atoms with van der Waals surface area (Å²) in [5, 5.41) is 10.4. The van der Waals surface area contributed by atoms with Crippen LogP contribution in [0.15, 0.2) is 48.5 Å². The molecule has 0 fully saturated rings. The smallest absolute Gasteiger partial charge is 0.161 e. The van der Waals surface area contributed by atoms with Gasteiger partial charge >= 0.3 is 0 Å². The number of ether oxygens (including phenoxy) is 2. The Morgan fingerprint density at radius 2 is 1.57 bits per heavy atom. The summed E-state index contributed by atoms with van der Waals surface area (Å²) in [5.41, 5.74) is 1.95. The minimum absolute atomic E-state index is 0.553. The number of benzene rings is 2. The molecule has 3 nitrogen and oxygen atoms in total. The largest absolute Gasteiger partial charge is 0.490 e. The lowest BCUT2D eigenvalue weighted by Crippen LogP contribution is -2.04. The lowest BCUT2D eigenvalue weighted by atomic mass is 10.0. The van der Waals surface area contributed by atoms with Crippen molar-refractivity contribution in [3.63, 3.8) is 0 Å². The fraction of sp³-hybridized carbons (Fsp3) is 0.333. The van der Waals surface area contributed by atoms with Gasteiger partial charge in [0.1, 0.15) is 0 Å². The van der Waals surface area contributed by atoms with E-state index in [9.17, 15) is 5.11 Å². The van der Waals surface area contributed by atoms with Gasteiger partial charge in [-0.2, -0.15) is 0 Å². The molecule has 0 bridgehead atoms. The van der Waals surface area contributed by atoms with E-state index in [0.29, 0.717) is 25.4 Å². The van der Waals surface area contributed by atoms with E-state index in [1.165, 1.54) is 0 Å². The molecule has 112 valence electrons. The summed E-state index contributed by atoms with van der Waals surface area (Å²) in [6, 6.07) is 15.6. The molecule has 3 heteroatoms. The summed E-state index contributed by atoms with van der Waals surface area (Å²) in [4.78, 5) is 0. The highest BCUT2D eigenvalue weighted by atomic mass is 16.5. The van der Waals surface area contributed by atoms with E-state index in [-0.39, 0.29) is 0 Å². The molecule has 2 aromatic rings. The lowest BCUT2D eigenvalue weighted by Gasteiger charge is -2.15. The van der Waals surface area contributed by atoms with Crippen LogP contribution in [0.25, 0.3) is 0 Å². The van der Waals surface area contributed by atoms with Gasteiger partial charge < -0.3 is 14.6 Å². The molecule has 0 saturated heterocycles. The van der Waals surface area contributed by atoms with Gasteiger partial charge in [-0.05, 0) is 37.1 Å². The predicted octanol–water partition coefficient (Wildman–Crippen LogP) is 3.76. The predicted molar refractivity (Wildman–Crippen MR) is 83.9 cm³/mol. The quantitative estimate of drug-likeness (QED) is 0.842. The average molecular weight is 286 g/mol. The zero-order valence-electron chi connectivity index (χ0n) is 12.6. The topological polar surface area (TPSA) is 38.7 Å². The zero-order valence-corrected chi connectivity index (χ0v) is 12.6. The molecule has 0 saturated carbocycles. The summed E-state index contributed by atoms with van der Waals surface area (Å²) in [5.74, 6) is 1.40. The summed E-state index contributed by atoms with van der Waals surface area (Å²) in [7, 11) is 0. The number of aliphatic hydroxyl groups is 1. The Kier molecular flexibility index (Phi) is 5.64. The van der Waals surface area contributed by atoms with E-state index in [0.717, 1.165) is 16.9 Å². The van der Waals surface area contributed by atoms with E-state index in [1.807, 2.05) is 62.4 Å². The van der Waals surface area contributed by atoms with E-state index in [2.05, 4.69) is 0 Å². The van der Waals surface area contributed by atoms with Crippen LogP contribution in [0.3, 0.4) is 0 Å². The number of aliphatic hydroxyl groups excluding tert-OH is 1. The Morgan fingerprint density at radius 3 is 2.24 bits per heavy atom. The summed E-state index contributed by atoms with van der Waals surface area (Å²) >= 11 is 0. The van der Waals surface area contributed by atoms with Crippen LogP contribution in [-0.4, -0.2) is 18.3 Å².